The minimum Gasteiger partial charge on any atom is -0.337 e. The van der Waals surface area contributed by atoms with E-state index in [1.54, 1.807) is 24.3 Å². The molecule has 1 N–H and O–H groups in total. The average Bonchev–Trinajstić information content (AvgIpc) is 3.13. The third kappa shape index (κ3) is 3.90. The molecule has 0 saturated carbocycles. The third-order valence-electron chi connectivity index (χ3n) is 4.29. The number of hydrogen-bond donors (Lipinski definition) is 1. The Balaban J connectivity index is 1.75. The van der Waals surface area contributed by atoms with Crippen LogP contribution in [0.25, 0.3) is 22.5 Å². The van der Waals surface area contributed by atoms with E-state index in [2.05, 4.69) is 20.4 Å². The first kappa shape index (κ1) is 19.7. The summed E-state index contributed by atoms with van der Waals surface area (Å²) in [6, 6.07) is 11.9. The van der Waals surface area contributed by atoms with Crippen molar-refractivity contribution in [1.82, 2.24) is 15.1 Å². The van der Waals surface area contributed by atoms with Crippen LogP contribution in [0.2, 0.25) is 5.02 Å². The Morgan fingerprint density at radius 3 is 2.50 bits per heavy atom. The zero-order chi connectivity index (χ0) is 21.1. The Hall–Kier alpha value is -3.65. The quantitative estimate of drug-likeness (QED) is 0.490. The van der Waals surface area contributed by atoms with Crippen LogP contribution in [-0.2, 0) is 11.2 Å². The van der Waals surface area contributed by atoms with Gasteiger partial charge in [0.2, 0.25) is 11.8 Å². The largest absolute Gasteiger partial charge is 0.337 e. The molecule has 2 aromatic carbocycles. The smallest absolute Gasteiger partial charge is 0.241 e. The van der Waals surface area contributed by atoms with E-state index in [4.69, 9.17) is 16.1 Å². The molecule has 0 aliphatic rings. The second-order valence-electron chi connectivity index (χ2n) is 6.24. The van der Waals surface area contributed by atoms with Gasteiger partial charge in [-0.15, -0.1) is 0 Å². The Morgan fingerprint density at radius 2 is 1.80 bits per heavy atom. The number of benzene rings is 2. The van der Waals surface area contributed by atoms with Crippen molar-refractivity contribution in [1.29, 1.82) is 0 Å². The molecule has 2 heterocycles. The Bertz CT molecular complexity index is 1190. The number of rotatable bonds is 5. The predicted molar refractivity (Wildman–Crippen MR) is 107 cm³/mol. The van der Waals surface area contributed by atoms with E-state index < -0.39 is 17.5 Å². The summed E-state index contributed by atoms with van der Waals surface area (Å²) in [4.78, 5) is 20.5. The van der Waals surface area contributed by atoms with Gasteiger partial charge in [0.15, 0.2) is 0 Å². The van der Waals surface area contributed by atoms with Crippen molar-refractivity contribution >= 4 is 23.4 Å². The average molecular weight is 427 g/mol. The lowest BCUT2D eigenvalue weighted by Gasteiger charge is -2.07. The highest BCUT2D eigenvalue weighted by atomic mass is 35.5. The molecule has 0 aliphatic carbocycles. The lowest BCUT2D eigenvalue weighted by Crippen LogP contribution is -2.14. The number of halogens is 3. The van der Waals surface area contributed by atoms with Crippen LogP contribution in [0.1, 0.15) is 5.56 Å². The van der Waals surface area contributed by atoms with Crippen molar-refractivity contribution in [3.63, 3.8) is 0 Å². The maximum Gasteiger partial charge on any atom is 0.241 e. The summed E-state index contributed by atoms with van der Waals surface area (Å²) >= 11 is 6.10. The first-order valence-electron chi connectivity index (χ1n) is 8.78. The van der Waals surface area contributed by atoms with Gasteiger partial charge in [-0.1, -0.05) is 41.0 Å². The summed E-state index contributed by atoms with van der Waals surface area (Å²) in [6.07, 6.45) is 2.68. The fraction of sp³-hybridized carbons (Fsp3) is 0.0476. The molecule has 1 amide bonds. The van der Waals surface area contributed by atoms with E-state index in [1.165, 1.54) is 24.7 Å². The number of aromatic nitrogens is 3. The van der Waals surface area contributed by atoms with E-state index in [9.17, 15) is 13.6 Å². The van der Waals surface area contributed by atoms with E-state index in [-0.39, 0.29) is 34.8 Å². The number of carbonyl (C=O) groups excluding carboxylic acids is 1. The Labute approximate surface area is 174 Å². The van der Waals surface area contributed by atoms with Gasteiger partial charge in [0, 0.05) is 11.2 Å². The van der Waals surface area contributed by atoms with Crippen molar-refractivity contribution < 1.29 is 18.1 Å². The molecule has 4 aromatic rings. The lowest BCUT2D eigenvalue weighted by atomic mass is 10.0. The Kier molecular flexibility index (Phi) is 5.49. The van der Waals surface area contributed by atoms with Crippen LogP contribution in [0, 0.1) is 11.6 Å². The van der Waals surface area contributed by atoms with Crippen LogP contribution < -0.4 is 5.32 Å². The minimum atomic E-state index is -0.826. The zero-order valence-electron chi connectivity index (χ0n) is 15.3. The van der Waals surface area contributed by atoms with Crippen LogP contribution in [0.3, 0.4) is 0 Å². The molecule has 0 atom stereocenters. The summed E-state index contributed by atoms with van der Waals surface area (Å²) in [6.45, 7) is 0. The maximum absolute atomic E-state index is 14.4. The fourth-order valence-corrected chi connectivity index (χ4v) is 3.13. The molecule has 30 heavy (non-hydrogen) atoms. The summed E-state index contributed by atoms with van der Waals surface area (Å²) in [5.41, 5.74) is 0.504. The van der Waals surface area contributed by atoms with Crippen LogP contribution >= 0.6 is 11.6 Å². The van der Waals surface area contributed by atoms with Crippen LogP contribution in [0.15, 0.2) is 65.6 Å². The third-order valence-corrected chi connectivity index (χ3v) is 4.66. The molecule has 0 bridgehead atoms. The SMILES string of the molecule is O=C(Cc1ccccc1Cl)Nc1onc(-c2c(F)cccc2F)c1-c1ccncn1. The predicted octanol–water partition coefficient (Wildman–Crippen LogP) is 4.91. The number of hydrogen-bond acceptors (Lipinski definition) is 5. The van der Waals surface area contributed by atoms with E-state index >= 15 is 0 Å². The summed E-state index contributed by atoms with van der Waals surface area (Å²) < 4.78 is 34.0. The van der Waals surface area contributed by atoms with Gasteiger partial charge in [-0.2, -0.15) is 0 Å². The zero-order valence-corrected chi connectivity index (χ0v) is 16.0. The standard InChI is InChI=1S/C21H13ClF2N4O2/c22-13-5-2-1-4-12(13)10-17(29)27-21-19(16-8-9-25-11-26-16)20(28-30-21)18-14(23)6-3-7-15(18)24/h1-9,11H,10H2,(H,27,29). The van der Waals surface area contributed by atoms with Crippen molar-refractivity contribution in [2.45, 2.75) is 6.42 Å². The molecule has 9 heteroatoms. The Morgan fingerprint density at radius 1 is 1.03 bits per heavy atom. The molecule has 0 saturated heterocycles. The number of carbonyl (C=O) groups is 1. The minimum absolute atomic E-state index is 0.0347. The first-order valence-corrected chi connectivity index (χ1v) is 9.16. The first-order chi connectivity index (χ1) is 14.5. The van der Waals surface area contributed by atoms with Gasteiger partial charge in [0.05, 0.1) is 23.2 Å². The molecular weight excluding hydrogens is 414 g/mol. The topological polar surface area (TPSA) is 80.9 Å². The van der Waals surface area contributed by atoms with Gasteiger partial charge >= 0.3 is 0 Å². The van der Waals surface area contributed by atoms with Gasteiger partial charge in [-0.05, 0) is 29.8 Å². The highest BCUT2D eigenvalue weighted by Gasteiger charge is 2.26. The summed E-state index contributed by atoms with van der Waals surface area (Å²) in [7, 11) is 0. The van der Waals surface area contributed by atoms with Crippen LogP contribution in [-0.4, -0.2) is 21.0 Å². The second-order valence-corrected chi connectivity index (χ2v) is 6.65. The fourth-order valence-electron chi connectivity index (χ4n) is 2.93. The van der Waals surface area contributed by atoms with Crippen molar-refractivity contribution in [3.05, 3.63) is 83.3 Å². The molecule has 0 spiro atoms. The number of anilines is 1. The monoisotopic (exact) mass is 426 g/mol. The lowest BCUT2D eigenvalue weighted by molar-refractivity contribution is -0.115. The van der Waals surface area contributed by atoms with Gasteiger partial charge in [0.25, 0.3) is 0 Å². The van der Waals surface area contributed by atoms with Crippen LogP contribution in [0.5, 0.6) is 0 Å². The van der Waals surface area contributed by atoms with Crippen LogP contribution in [0.4, 0.5) is 14.7 Å². The number of nitrogens with one attached hydrogen (secondary N) is 1. The molecule has 4 rings (SSSR count). The number of amides is 1. The highest BCUT2D eigenvalue weighted by molar-refractivity contribution is 6.31. The van der Waals surface area contributed by atoms with E-state index in [1.807, 2.05) is 0 Å². The van der Waals surface area contributed by atoms with Crippen molar-refractivity contribution in [2.24, 2.45) is 0 Å². The van der Waals surface area contributed by atoms with Crippen molar-refractivity contribution in [2.75, 3.05) is 5.32 Å². The molecule has 0 unspecified atom stereocenters. The van der Waals surface area contributed by atoms with Crippen molar-refractivity contribution in [3.8, 4) is 22.5 Å². The maximum atomic E-state index is 14.4. The molecule has 6 nitrogen and oxygen atoms in total. The second kappa shape index (κ2) is 8.38. The summed E-state index contributed by atoms with van der Waals surface area (Å²) in [5.74, 6) is -2.20. The molecule has 150 valence electrons. The van der Waals surface area contributed by atoms with E-state index in [0.717, 1.165) is 12.1 Å². The molecular formula is C21H13ClF2N4O2. The molecule has 0 aliphatic heterocycles. The normalized spacial score (nSPS) is 10.8. The van der Waals surface area contributed by atoms with Gasteiger partial charge < -0.3 is 4.52 Å². The summed E-state index contributed by atoms with van der Waals surface area (Å²) in [5, 5.41) is 6.83. The molecule has 0 radical (unpaired) electrons. The molecule has 2 aromatic heterocycles. The van der Waals surface area contributed by atoms with Gasteiger partial charge in [-0.25, -0.2) is 18.7 Å². The van der Waals surface area contributed by atoms with Gasteiger partial charge in [0.1, 0.15) is 23.7 Å². The number of nitrogens with zero attached hydrogens (tertiary/aromatic N) is 3. The molecule has 0 fully saturated rings. The van der Waals surface area contributed by atoms with E-state index in [0.29, 0.717) is 10.6 Å². The highest BCUT2D eigenvalue weighted by Crippen LogP contribution is 2.38. The van der Waals surface area contributed by atoms with Gasteiger partial charge in [-0.3, -0.25) is 10.1 Å².